The SMILES string of the molecule is CN(C(=O)OC(C)(C)C)[C@@H]1[C@@H](O)[C@@H](O[C@@H]2[C@@H](O)[C@H](C3OC(CN)=CC[C@H]3NC(=O)OC(C)(C)C)[C@@H](NC(=O)OC(C)(C)C)C[C@H]2NC(=O)[C@@H](O)CCCNC(=O)OC(C)(C)C)OC[C@]1(C)O. The van der Waals surface area contributed by atoms with E-state index in [9.17, 15) is 44.4 Å². The molecule has 0 aromatic carbocycles. The van der Waals surface area contributed by atoms with Crippen LogP contribution >= 0.6 is 0 Å². The highest BCUT2D eigenvalue weighted by Gasteiger charge is 2.56. The molecule has 0 aromatic heterocycles. The Balaban J connectivity index is 2.10. The molecule has 1 aliphatic carbocycles. The first-order chi connectivity index (χ1) is 30.1. The average molecular weight is 947 g/mol. The van der Waals surface area contributed by atoms with Gasteiger partial charge in [0.2, 0.25) is 5.91 Å². The van der Waals surface area contributed by atoms with E-state index in [1.165, 1.54) is 14.0 Å². The minimum Gasteiger partial charge on any atom is -0.491 e. The van der Waals surface area contributed by atoms with Gasteiger partial charge in [0.1, 0.15) is 58.2 Å². The summed E-state index contributed by atoms with van der Waals surface area (Å²) in [7, 11) is 1.32. The van der Waals surface area contributed by atoms with Crippen molar-refractivity contribution in [2.24, 2.45) is 11.7 Å². The molecular formula is C44H78N6O16. The molecule has 1 saturated carbocycles. The van der Waals surface area contributed by atoms with Crippen molar-refractivity contribution in [3.05, 3.63) is 11.8 Å². The fourth-order valence-corrected chi connectivity index (χ4v) is 7.92. The van der Waals surface area contributed by atoms with Gasteiger partial charge in [-0.1, -0.05) is 0 Å². The molecule has 22 heteroatoms. The number of rotatable bonds is 13. The molecular weight excluding hydrogens is 869 g/mol. The van der Waals surface area contributed by atoms with Gasteiger partial charge in [0, 0.05) is 25.6 Å². The highest BCUT2D eigenvalue weighted by atomic mass is 16.7. The van der Waals surface area contributed by atoms with Gasteiger partial charge in [-0.25, -0.2) is 19.2 Å². The Labute approximate surface area is 388 Å². The average Bonchev–Trinajstić information content (AvgIpc) is 3.13. The summed E-state index contributed by atoms with van der Waals surface area (Å²) in [5.41, 5.74) is 0.653. The highest BCUT2D eigenvalue weighted by Crippen LogP contribution is 2.39. The van der Waals surface area contributed by atoms with Crippen molar-refractivity contribution in [2.45, 2.75) is 205 Å². The standard InChI is InChI=1S/C44H78N6O16/c1-40(2,3)63-36(55)46-19-15-16-27(51)34(54)47-26-20-25(49-38(57)65-42(7,8)9)28(31-24(18-17-23(21-45)61-31)48-37(56)64-41(4,5)6)29(52)32(26)62-35-30(53)33(44(13,59)22-60-35)50(14)39(58)66-43(10,11)12/h17,24-33,35,51-53,59H,15-16,18-22,45H2,1-14H3,(H,46,55)(H,47,54)(H,48,56)(H,49,57)/t24-,25+,26-,27+,28-,29+,30-,31?,32+,33-,35-,44+/m1/s1. The largest absolute Gasteiger partial charge is 0.491 e. The Morgan fingerprint density at radius 1 is 0.818 bits per heavy atom. The van der Waals surface area contributed by atoms with Gasteiger partial charge >= 0.3 is 24.4 Å². The van der Waals surface area contributed by atoms with Crippen LogP contribution in [0.15, 0.2) is 11.8 Å². The maximum Gasteiger partial charge on any atom is 0.410 e. The summed E-state index contributed by atoms with van der Waals surface area (Å²) >= 11 is 0. The third-order valence-corrected chi connectivity index (χ3v) is 10.5. The number of aliphatic hydroxyl groups excluding tert-OH is 3. The molecule has 12 atom stereocenters. The van der Waals surface area contributed by atoms with E-state index in [2.05, 4.69) is 21.3 Å². The van der Waals surface area contributed by atoms with Crippen LogP contribution in [-0.4, -0.2) is 171 Å². The van der Waals surface area contributed by atoms with Gasteiger partial charge in [-0.2, -0.15) is 0 Å². The normalized spacial score (nSPS) is 30.0. The number of likely N-dealkylation sites (N-methyl/N-ethyl adjacent to an activating group) is 1. The number of nitrogens with two attached hydrogens (primary N) is 1. The summed E-state index contributed by atoms with van der Waals surface area (Å²) in [6.45, 7) is 21.0. The Morgan fingerprint density at radius 2 is 1.35 bits per heavy atom. The Bertz CT molecular complexity index is 1700. The molecule has 0 radical (unpaired) electrons. The minimum atomic E-state index is -1.85. The van der Waals surface area contributed by atoms with E-state index in [-0.39, 0.29) is 38.8 Å². The van der Waals surface area contributed by atoms with Gasteiger partial charge in [0.05, 0.1) is 37.4 Å². The molecule has 1 saturated heterocycles. The van der Waals surface area contributed by atoms with E-state index in [0.29, 0.717) is 5.76 Å². The second-order valence-electron chi connectivity index (χ2n) is 21.4. The zero-order chi connectivity index (χ0) is 50.3. The van der Waals surface area contributed by atoms with Crippen LogP contribution in [0.1, 0.15) is 116 Å². The van der Waals surface area contributed by atoms with Crippen molar-refractivity contribution >= 4 is 30.3 Å². The van der Waals surface area contributed by atoms with Crippen LogP contribution in [0.3, 0.4) is 0 Å². The fourth-order valence-electron chi connectivity index (χ4n) is 7.92. The summed E-state index contributed by atoms with van der Waals surface area (Å²) in [6, 6.07) is -4.69. The van der Waals surface area contributed by atoms with E-state index < -0.39 is 132 Å². The Hall–Kier alpha value is -4.19. The summed E-state index contributed by atoms with van der Waals surface area (Å²) in [6.07, 6.45) is -11.2. The summed E-state index contributed by atoms with van der Waals surface area (Å²) in [5.74, 6) is -1.81. The third kappa shape index (κ3) is 17.2. The van der Waals surface area contributed by atoms with E-state index in [1.54, 1.807) is 89.2 Å². The monoisotopic (exact) mass is 947 g/mol. The van der Waals surface area contributed by atoms with Crippen molar-refractivity contribution in [3.8, 4) is 0 Å². The molecule has 2 aliphatic heterocycles. The molecule has 2 heterocycles. The van der Waals surface area contributed by atoms with Crippen LogP contribution in [0.4, 0.5) is 19.2 Å². The van der Waals surface area contributed by atoms with E-state index in [4.69, 9.17) is 38.9 Å². The number of hydrogen-bond donors (Lipinski definition) is 9. The summed E-state index contributed by atoms with van der Waals surface area (Å²) in [4.78, 5) is 67.1. The van der Waals surface area contributed by atoms with Gasteiger partial charge < -0.3 is 85.5 Å². The number of ether oxygens (including phenoxy) is 7. The van der Waals surface area contributed by atoms with Crippen LogP contribution < -0.4 is 27.0 Å². The molecule has 0 spiro atoms. The molecule has 2 fully saturated rings. The third-order valence-electron chi connectivity index (χ3n) is 10.5. The lowest BCUT2D eigenvalue weighted by atomic mass is 9.72. The smallest absolute Gasteiger partial charge is 0.410 e. The lowest BCUT2D eigenvalue weighted by molar-refractivity contribution is -0.305. The van der Waals surface area contributed by atoms with Crippen LogP contribution in [0.25, 0.3) is 0 Å². The maximum atomic E-state index is 13.8. The number of hydrogen-bond acceptors (Lipinski definition) is 17. The molecule has 66 heavy (non-hydrogen) atoms. The molecule has 22 nitrogen and oxygen atoms in total. The molecule has 1 unspecified atom stereocenters. The number of carbonyl (C=O) groups excluding carboxylic acids is 5. The number of amides is 5. The van der Waals surface area contributed by atoms with E-state index >= 15 is 0 Å². The number of aliphatic hydroxyl groups is 4. The first-order valence-corrected chi connectivity index (χ1v) is 22.4. The van der Waals surface area contributed by atoms with Crippen LogP contribution in [-0.2, 0) is 38.0 Å². The minimum absolute atomic E-state index is 0.0649. The van der Waals surface area contributed by atoms with Crippen molar-refractivity contribution in [1.29, 1.82) is 0 Å². The first-order valence-electron chi connectivity index (χ1n) is 22.4. The molecule has 5 amide bonds. The first kappa shape index (κ1) is 56.1. The lowest BCUT2D eigenvalue weighted by Gasteiger charge is -2.52. The number of nitrogens with one attached hydrogen (secondary N) is 4. The number of carbonyl (C=O) groups is 5. The zero-order valence-electron chi connectivity index (χ0n) is 41.1. The lowest BCUT2D eigenvalue weighted by Crippen LogP contribution is -2.71. The van der Waals surface area contributed by atoms with Crippen LogP contribution in [0, 0.1) is 5.92 Å². The summed E-state index contributed by atoms with van der Waals surface area (Å²) < 4.78 is 40.6. The van der Waals surface area contributed by atoms with Crippen molar-refractivity contribution < 1.29 is 77.6 Å². The summed E-state index contributed by atoms with van der Waals surface area (Å²) in [5, 5.41) is 58.0. The zero-order valence-corrected chi connectivity index (χ0v) is 41.1. The van der Waals surface area contributed by atoms with Gasteiger partial charge in [-0.05, 0) is 122 Å². The van der Waals surface area contributed by atoms with Gasteiger partial charge in [-0.3, -0.25) is 4.79 Å². The number of alkyl carbamates (subject to hydrolysis) is 3. The van der Waals surface area contributed by atoms with Gasteiger partial charge in [-0.15, -0.1) is 0 Å². The molecule has 0 bridgehead atoms. The molecule has 380 valence electrons. The van der Waals surface area contributed by atoms with E-state index in [0.717, 1.165) is 4.90 Å². The van der Waals surface area contributed by atoms with Gasteiger partial charge in [0.15, 0.2) is 6.29 Å². The number of nitrogens with zero attached hydrogens (tertiary/aromatic N) is 1. The topological polar surface area (TPSA) is 308 Å². The van der Waals surface area contributed by atoms with E-state index in [1.807, 2.05) is 0 Å². The van der Waals surface area contributed by atoms with Crippen molar-refractivity contribution in [1.82, 2.24) is 26.2 Å². The van der Waals surface area contributed by atoms with Crippen LogP contribution in [0.5, 0.6) is 0 Å². The van der Waals surface area contributed by atoms with Crippen LogP contribution in [0.2, 0.25) is 0 Å². The van der Waals surface area contributed by atoms with Crippen molar-refractivity contribution in [3.63, 3.8) is 0 Å². The Kier molecular flexibility index (Phi) is 18.9. The maximum absolute atomic E-state index is 13.8. The second-order valence-corrected chi connectivity index (χ2v) is 21.4. The Morgan fingerprint density at radius 3 is 1.88 bits per heavy atom. The second kappa shape index (κ2) is 22.3. The highest BCUT2D eigenvalue weighted by molar-refractivity contribution is 5.81. The molecule has 0 aromatic rings. The quantitative estimate of drug-likeness (QED) is 0.0942. The molecule has 3 rings (SSSR count). The predicted molar refractivity (Wildman–Crippen MR) is 237 cm³/mol. The van der Waals surface area contributed by atoms with Crippen molar-refractivity contribution in [2.75, 3.05) is 26.7 Å². The predicted octanol–water partition coefficient (Wildman–Crippen LogP) is 2.02. The fraction of sp³-hybridized carbons (Fsp3) is 0.841. The van der Waals surface area contributed by atoms with Gasteiger partial charge in [0.25, 0.3) is 0 Å². The molecule has 10 N–H and O–H groups in total. The molecule has 3 aliphatic rings.